The normalized spacial score (nSPS) is 21.9. The number of nitrogens with zero attached hydrogens (tertiary/aromatic N) is 2. The zero-order chi connectivity index (χ0) is 16.2. The lowest BCUT2D eigenvalue weighted by Gasteiger charge is -2.34. The molecular weight excluding hydrogens is 292 g/mol. The number of hydrogen-bond acceptors (Lipinski definition) is 4. The quantitative estimate of drug-likeness (QED) is 0.838. The molecule has 2 aliphatic rings. The van der Waals surface area contributed by atoms with Crippen LogP contribution in [0, 0.1) is 5.92 Å². The minimum atomic E-state index is -0.403. The minimum absolute atomic E-state index is 0.0376. The standard InChI is InChI=1S/C18H24N2O3/c21-16-6-7-17(22)20(16)13-12-19-10-8-15(9-11-19)18(23)14-4-2-1-3-5-14/h1-5,15,18,23H,6-13H2. The Labute approximate surface area is 136 Å². The van der Waals surface area contributed by atoms with Gasteiger partial charge in [0.05, 0.1) is 6.10 Å². The first-order valence-corrected chi connectivity index (χ1v) is 8.43. The van der Waals surface area contributed by atoms with Crippen LogP contribution in [0.15, 0.2) is 30.3 Å². The van der Waals surface area contributed by atoms with Crippen molar-refractivity contribution in [2.75, 3.05) is 26.2 Å². The first-order valence-electron chi connectivity index (χ1n) is 8.43. The number of carbonyl (C=O) groups excluding carboxylic acids is 2. The molecule has 3 rings (SSSR count). The summed E-state index contributed by atoms with van der Waals surface area (Å²) in [5.74, 6) is 0.206. The first-order chi connectivity index (χ1) is 11.1. The lowest BCUT2D eigenvalue weighted by molar-refractivity contribution is -0.138. The fraction of sp³-hybridized carbons (Fsp3) is 0.556. The van der Waals surface area contributed by atoms with E-state index in [1.807, 2.05) is 30.3 Å². The SMILES string of the molecule is O=C1CCC(=O)N1CCN1CCC(C(O)c2ccccc2)CC1. The second-order valence-electron chi connectivity index (χ2n) is 6.47. The molecule has 0 radical (unpaired) electrons. The summed E-state index contributed by atoms with van der Waals surface area (Å²) in [7, 11) is 0. The van der Waals surface area contributed by atoms with E-state index in [9.17, 15) is 14.7 Å². The lowest BCUT2D eigenvalue weighted by Crippen LogP contribution is -2.42. The van der Waals surface area contributed by atoms with Gasteiger partial charge in [-0.1, -0.05) is 30.3 Å². The van der Waals surface area contributed by atoms with Crippen molar-refractivity contribution in [2.24, 2.45) is 5.92 Å². The molecule has 2 fully saturated rings. The van der Waals surface area contributed by atoms with Gasteiger partial charge in [-0.3, -0.25) is 14.5 Å². The number of piperidine rings is 1. The van der Waals surface area contributed by atoms with Crippen LogP contribution < -0.4 is 0 Å². The molecule has 1 N–H and O–H groups in total. The van der Waals surface area contributed by atoms with E-state index in [4.69, 9.17) is 0 Å². The van der Waals surface area contributed by atoms with Crippen molar-refractivity contribution < 1.29 is 14.7 Å². The van der Waals surface area contributed by atoms with Gasteiger partial charge in [0.2, 0.25) is 11.8 Å². The molecule has 5 nitrogen and oxygen atoms in total. The highest BCUT2D eigenvalue weighted by Crippen LogP contribution is 2.30. The van der Waals surface area contributed by atoms with E-state index in [-0.39, 0.29) is 17.7 Å². The maximum Gasteiger partial charge on any atom is 0.229 e. The predicted molar refractivity (Wildman–Crippen MR) is 86.5 cm³/mol. The molecule has 1 unspecified atom stereocenters. The highest BCUT2D eigenvalue weighted by Gasteiger charge is 2.30. The second kappa shape index (κ2) is 7.23. The van der Waals surface area contributed by atoms with E-state index in [0.717, 1.165) is 38.0 Å². The highest BCUT2D eigenvalue weighted by molar-refractivity contribution is 6.01. The zero-order valence-electron chi connectivity index (χ0n) is 13.4. The molecule has 1 aromatic rings. The Hall–Kier alpha value is -1.72. The molecule has 1 aromatic carbocycles. The smallest absolute Gasteiger partial charge is 0.229 e. The number of likely N-dealkylation sites (tertiary alicyclic amines) is 2. The van der Waals surface area contributed by atoms with Gasteiger partial charge >= 0.3 is 0 Å². The van der Waals surface area contributed by atoms with Gasteiger partial charge in [-0.2, -0.15) is 0 Å². The topological polar surface area (TPSA) is 60.9 Å². The van der Waals surface area contributed by atoms with E-state index >= 15 is 0 Å². The van der Waals surface area contributed by atoms with Crippen LogP contribution in [0.25, 0.3) is 0 Å². The summed E-state index contributed by atoms with van der Waals surface area (Å²) in [5, 5.41) is 10.5. The Kier molecular flexibility index (Phi) is 5.08. The van der Waals surface area contributed by atoms with Crippen molar-refractivity contribution in [3.63, 3.8) is 0 Å². The third kappa shape index (κ3) is 3.79. The van der Waals surface area contributed by atoms with Crippen molar-refractivity contribution in [1.29, 1.82) is 0 Å². The second-order valence-corrected chi connectivity index (χ2v) is 6.47. The van der Waals surface area contributed by atoms with Crippen LogP contribution >= 0.6 is 0 Å². The molecule has 5 heteroatoms. The Balaban J connectivity index is 1.45. The predicted octanol–water partition coefficient (Wildman–Crippen LogP) is 1.58. The first kappa shape index (κ1) is 16.1. The van der Waals surface area contributed by atoms with E-state index in [1.165, 1.54) is 4.90 Å². The number of aliphatic hydroxyl groups excluding tert-OH is 1. The van der Waals surface area contributed by atoms with Crippen LogP contribution in [-0.4, -0.2) is 52.9 Å². The summed E-state index contributed by atoms with van der Waals surface area (Å²) >= 11 is 0. The van der Waals surface area contributed by atoms with E-state index in [1.54, 1.807) is 0 Å². The number of hydrogen-bond donors (Lipinski definition) is 1. The Morgan fingerprint density at radius 2 is 1.61 bits per heavy atom. The van der Waals surface area contributed by atoms with E-state index in [0.29, 0.717) is 19.4 Å². The molecule has 2 aliphatic heterocycles. The molecule has 124 valence electrons. The third-order valence-electron chi connectivity index (χ3n) is 5.01. The molecule has 23 heavy (non-hydrogen) atoms. The van der Waals surface area contributed by atoms with Gasteiger partial charge in [0.15, 0.2) is 0 Å². The Morgan fingerprint density at radius 3 is 2.22 bits per heavy atom. The van der Waals surface area contributed by atoms with Gasteiger partial charge in [-0.15, -0.1) is 0 Å². The monoisotopic (exact) mass is 316 g/mol. The number of rotatable bonds is 5. The number of aliphatic hydroxyl groups is 1. The third-order valence-corrected chi connectivity index (χ3v) is 5.01. The van der Waals surface area contributed by atoms with Gasteiger partial charge < -0.3 is 10.0 Å². The van der Waals surface area contributed by atoms with Gasteiger partial charge in [-0.05, 0) is 37.4 Å². The summed E-state index contributed by atoms with van der Waals surface area (Å²) in [6.45, 7) is 3.06. The van der Waals surface area contributed by atoms with Crippen LogP contribution in [-0.2, 0) is 9.59 Å². The average molecular weight is 316 g/mol. The summed E-state index contributed by atoms with van der Waals surface area (Å²) in [6.07, 6.45) is 2.21. The van der Waals surface area contributed by atoms with Gasteiger partial charge in [0, 0.05) is 25.9 Å². The fourth-order valence-corrected chi connectivity index (χ4v) is 3.53. The Bertz CT molecular complexity index is 537. The largest absolute Gasteiger partial charge is 0.388 e. The summed E-state index contributed by atoms with van der Waals surface area (Å²) in [4.78, 5) is 26.9. The number of carbonyl (C=O) groups is 2. The van der Waals surface area contributed by atoms with E-state index in [2.05, 4.69) is 4.90 Å². The maximum absolute atomic E-state index is 11.6. The molecule has 0 aromatic heterocycles. The Morgan fingerprint density at radius 1 is 1.00 bits per heavy atom. The number of amides is 2. The lowest BCUT2D eigenvalue weighted by atomic mass is 9.87. The summed E-state index contributed by atoms with van der Waals surface area (Å²) < 4.78 is 0. The minimum Gasteiger partial charge on any atom is -0.388 e. The van der Waals surface area contributed by atoms with Gasteiger partial charge in [0.25, 0.3) is 0 Å². The molecule has 0 aliphatic carbocycles. The fourth-order valence-electron chi connectivity index (χ4n) is 3.53. The van der Waals surface area contributed by atoms with E-state index < -0.39 is 6.10 Å². The van der Waals surface area contributed by atoms with Crippen molar-refractivity contribution in [2.45, 2.75) is 31.8 Å². The van der Waals surface area contributed by atoms with Gasteiger partial charge in [0.1, 0.15) is 0 Å². The van der Waals surface area contributed by atoms with Crippen molar-refractivity contribution in [3.05, 3.63) is 35.9 Å². The zero-order valence-corrected chi connectivity index (χ0v) is 13.4. The molecule has 0 saturated carbocycles. The molecule has 1 atom stereocenters. The van der Waals surface area contributed by atoms with Crippen LogP contribution in [0.3, 0.4) is 0 Å². The van der Waals surface area contributed by atoms with Crippen LogP contribution in [0.5, 0.6) is 0 Å². The molecule has 0 bridgehead atoms. The maximum atomic E-state index is 11.6. The summed E-state index contributed by atoms with van der Waals surface area (Å²) in [5.41, 5.74) is 0.985. The molecule has 2 saturated heterocycles. The highest BCUT2D eigenvalue weighted by atomic mass is 16.3. The summed E-state index contributed by atoms with van der Waals surface area (Å²) in [6, 6.07) is 9.82. The number of benzene rings is 1. The van der Waals surface area contributed by atoms with Crippen LogP contribution in [0.4, 0.5) is 0 Å². The molecule has 0 spiro atoms. The number of imide groups is 1. The van der Waals surface area contributed by atoms with Crippen molar-refractivity contribution in [3.8, 4) is 0 Å². The molecule has 2 heterocycles. The van der Waals surface area contributed by atoms with Gasteiger partial charge in [-0.25, -0.2) is 0 Å². The van der Waals surface area contributed by atoms with Crippen molar-refractivity contribution in [1.82, 2.24) is 9.80 Å². The average Bonchev–Trinajstić information content (AvgIpc) is 2.92. The molecular formula is C18H24N2O3. The molecule has 2 amide bonds. The van der Waals surface area contributed by atoms with Crippen LogP contribution in [0.2, 0.25) is 0 Å². The van der Waals surface area contributed by atoms with Crippen LogP contribution in [0.1, 0.15) is 37.4 Å². The van der Waals surface area contributed by atoms with Crippen molar-refractivity contribution >= 4 is 11.8 Å².